The summed E-state index contributed by atoms with van der Waals surface area (Å²) in [7, 11) is 0. The number of anilines is 2. The van der Waals surface area contributed by atoms with E-state index in [0.717, 1.165) is 12.8 Å². The van der Waals surface area contributed by atoms with Gasteiger partial charge in [0.05, 0.1) is 0 Å². The standard InChI is InChI=1S/C13H21N5O2S/c1-6(2)8(11(15)19)17-12(20)9-10(14)18-13(21-9)16-7-4-3-5-7/h6-8H,3-5,14H2,1-2H3,(H2,15,19)(H,16,18)(H,17,20). The number of rotatable bonds is 6. The molecule has 1 saturated carbocycles. The highest BCUT2D eigenvalue weighted by Crippen LogP contribution is 2.29. The number of nitrogens with two attached hydrogens (primary N) is 2. The Morgan fingerprint density at radius 1 is 1.38 bits per heavy atom. The minimum atomic E-state index is -0.720. The van der Waals surface area contributed by atoms with Gasteiger partial charge in [0.1, 0.15) is 16.7 Å². The highest BCUT2D eigenvalue weighted by molar-refractivity contribution is 7.18. The molecule has 1 aromatic rings. The van der Waals surface area contributed by atoms with Crippen molar-refractivity contribution in [1.29, 1.82) is 0 Å². The Hall–Kier alpha value is -1.83. The number of nitrogens with zero attached hydrogens (tertiary/aromatic N) is 1. The smallest absolute Gasteiger partial charge is 0.265 e. The van der Waals surface area contributed by atoms with Gasteiger partial charge in [-0.3, -0.25) is 9.59 Å². The maximum Gasteiger partial charge on any atom is 0.265 e. The van der Waals surface area contributed by atoms with Crippen LogP contribution in [0.4, 0.5) is 10.9 Å². The van der Waals surface area contributed by atoms with E-state index in [-0.39, 0.29) is 11.7 Å². The van der Waals surface area contributed by atoms with Gasteiger partial charge in [0.25, 0.3) is 5.91 Å². The fourth-order valence-corrected chi connectivity index (χ4v) is 2.92. The average molecular weight is 311 g/mol. The molecule has 21 heavy (non-hydrogen) atoms. The molecule has 1 aliphatic rings. The Morgan fingerprint density at radius 3 is 2.52 bits per heavy atom. The molecule has 6 N–H and O–H groups in total. The fraction of sp³-hybridized carbons (Fsp3) is 0.615. The van der Waals surface area contributed by atoms with Crippen LogP contribution >= 0.6 is 11.3 Å². The van der Waals surface area contributed by atoms with Gasteiger partial charge in [0, 0.05) is 6.04 Å². The van der Waals surface area contributed by atoms with Crippen LogP contribution in [0.5, 0.6) is 0 Å². The molecule has 1 heterocycles. The van der Waals surface area contributed by atoms with Gasteiger partial charge in [0.2, 0.25) is 5.91 Å². The molecule has 116 valence electrons. The van der Waals surface area contributed by atoms with Gasteiger partial charge in [0.15, 0.2) is 5.13 Å². The number of hydrogen-bond acceptors (Lipinski definition) is 6. The second kappa shape index (κ2) is 6.30. The second-order valence-electron chi connectivity index (χ2n) is 5.60. The monoisotopic (exact) mass is 311 g/mol. The summed E-state index contributed by atoms with van der Waals surface area (Å²) in [6, 6.07) is -0.303. The van der Waals surface area contributed by atoms with Gasteiger partial charge in [-0.15, -0.1) is 0 Å². The van der Waals surface area contributed by atoms with Crippen LogP contribution in [0.1, 0.15) is 42.8 Å². The van der Waals surface area contributed by atoms with Gasteiger partial charge < -0.3 is 22.1 Å². The molecule has 1 fully saturated rings. The lowest BCUT2D eigenvalue weighted by molar-refractivity contribution is -0.120. The highest BCUT2D eigenvalue weighted by Gasteiger charge is 2.26. The zero-order chi connectivity index (χ0) is 15.6. The minimum absolute atomic E-state index is 0.0897. The van der Waals surface area contributed by atoms with Crippen LogP contribution < -0.4 is 22.1 Å². The summed E-state index contributed by atoms with van der Waals surface area (Å²) in [5, 5.41) is 6.51. The first-order valence-electron chi connectivity index (χ1n) is 7.01. The number of carbonyl (C=O) groups excluding carboxylic acids is 2. The lowest BCUT2D eigenvalue weighted by Gasteiger charge is -2.25. The quantitative estimate of drug-likeness (QED) is 0.622. The first kappa shape index (κ1) is 15.6. The van der Waals surface area contributed by atoms with Crippen molar-refractivity contribution in [1.82, 2.24) is 10.3 Å². The molecule has 0 saturated heterocycles. The van der Waals surface area contributed by atoms with Crippen LogP contribution in [0.15, 0.2) is 0 Å². The van der Waals surface area contributed by atoms with Gasteiger partial charge in [-0.1, -0.05) is 25.2 Å². The van der Waals surface area contributed by atoms with Crippen molar-refractivity contribution in [2.45, 2.75) is 45.2 Å². The zero-order valence-corrected chi connectivity index (χ0v) is 13.0. The summed E-state index contributed by atoms with van der Waals surface area (Å²) in [5.41, 5.74) is 11.1. The first-order chi connectivity index (χ1) is 9.88. The van der Waals surface area contributed by atoms with Crippen LogP contribution in [0.2, 0.25) is 0 Å². The molecule has 2 amide bonds. The molecule has 1 aliphatic carbocycles. The second-order valence-corrected chi connectivity index (χ2v) is 6.60. The van der Waals surface area contributed by atoms with Crippen molar-refractivity contribution in [3.05, 3.63) is 4.88 Å². The van der Waals surface area contributed by atoms with Crippen LogP contribution in [0.3, 0.4) is 0 Å². The Bertz CT molecular complexity index is 539. The normalized spacial score (nSPS) is 16.3. The maximum atomic E-state index is 12.2. The molecule has 0 aromatic carbocycles. The van der Waals surface area contributed by atoms with Crippen LogP contribution in [0, 0.1) is 5.92 Å². The lowest BCUT2D eigenvalue weighted by Crippen LogP contribution is -2.47. The molecule has 1 aromatic heterocycles. The SMILES string of the molecule is CC(C)C(NC(=O)c1sc(NC2CCC2)nc1N)C(N)=O. The minimum Gasteiger partial charge on any atom is -0.382 e. The third kappa shape index (κ3) is 3.63. The van der Waals surface area contributed by atoms with E-state index in [2.05, 4.69) is 15.6 Å². The number of aromatic nitrogens is 1. The third-order valence-corrected chi connectivity index (χ3v) is 4.55. The summed E-state index contributed by atoms with van der Waals surface area (Å²) < 4.78 is 0. The summed E-state index contributed by atoms with van der Waals surface area (Å²) >= 11 is 1.20. The first-order valence-corrected chi connectivity index (χ1v) is 7.83. The van der Waals surface area contributed by atoms with E-state index in [1.807, 2.05) is 13.8 Å². The molecule has 1 unspecified atom stereocenters. The van der Waals surface area contributed by atoms with Crippen molar-refractivity contribution in [2.24, 2.45) is 11.7 Å². The molecular formula is C13H21N5O2S. The number of nitrogen functional groups attached to an aromatic ring is 1. The molecule has 0 aliphatic heterocycles. The zero-order valence-electron chi connectivity index (χ0n) is 12.2. The third-order valence-electron chi connectivity index (χ3n) is 3.55. The van der Waals surface area contributed by atoms with E-state index < -0.39 is 17.9 Å². The molecule has 8 heteroatoms. The van der Waals surface area contributed by atoms with Crippen molar-refractivity contribution in [2.75, 3.05) is 11.1 Å². The van der Waals surface area contributed by atoms with Crippen LogP contribution in [-0.4, -0.2) is 28.9 Å². The molecule has 7 nitrogen and oxygen atoms in total. The van der Waals surface area contributed by atoms with E-state index in [4.69, 9.17) is 11.5 Å². The van der Waals surface area contributed by atoms with E-state index in [9.17, 15) is 9.59 Å². The summed E-state index contributed by atoms with van der Waals surface area (Å²) in [5.74, 6) is -0.891. The van der Waals surface area contributed by atoms with Crippen molar-refractivity contribution in [3.8, 4) is 0 Å². The fourth-order valence-electron chi connectivity index (χ4n) is 2.06. The number of nitrogens with one attached hydrogen (secondary N) is 2. The highest BCUT2D eigenvalue weighted by atomic mass is 32.1. The lowest BCUT2D eigenvalue weighted by atomic mass is 9.93. The van der Waals surface area contributed by atoms with E-state index in [1.165, 1.54) is 17.8 Å². The predicted molar refractivity (Wildman–Crippen MR) is 83.1 cm³/mol. The topological polar surface area (TPSA) is 123 Å². The Labute approximate surface area is 127 Å². The summed E-state index contributed by atoms with van der Waals surface area (Å²) in [6.45, 7) is 3.63. The number of thiazole rings is 1. The van der Waals surface area contributed by atoms with Gasteiger partial charge in [-0.25, -0.2) is 4.98 Å². The van der Waals surface area contributed by atoms with Gasteiger partial charge in [-0.05, 0) is 25.2 Å². The Kier molecular flexibility index (Phi) is 4.66. The number of primary amides is 1. The largest absolute Gasteiger partial charge is 0.382 e. The van der Waals surface area contributed by atoms with Crippen molar-refractivity contribution >= 4 is 34.1 Å². The average Bonchev–Trinajstić information content (AvgIpc) is 2.71. The van der Waals surface area contributed by atoms with E-state index >= 15 is 0 Å². The van der Waals surface area contributed by atoms with Crippen LogP contribution in [0.25, 0.3) is 0 Å². The Morgan fingerprint density at radius 2 is 2.05 bits per heavy atom. The van der Waals surface area contributed by atoms with Crippen LogP contribution in [-0.2, 0) is 4.79 Å². The molecule has 0 spiro atoms. The number of amides is 2. The van der Waals surface area contributed by atoms with Crippen molar-refractivity contribution < 1.29 is 9.59 Å². The molecule has 2 rings (SSSR count). The predicted octanol–water partition coefficient (Wildman–Crippen LogP) is 0.929. The molecule has 0 radical (unpaired) electrons. The van der Waals surface area contributed by atoms with E-state index in [0.29, 0.717) is 16.1 Å². The summed E-state index contributed by atoms with van der Waals surface area (Å²) in [4.78, 5) is 28.0. The Balaban J connectivity index is 2.05. The number of carbonyl (C=O) groups is 2. The number of hydrogen-bond donors (Lipinski definition) is 4. The van der Waals surface area contributed by atoms with E-state index in [1.54, 1.807) is 0 Å². The summed E-state index contributed by atoms with van der Waals surface area (Å²) in [6.07, 6.45) is 3.43. The van der Waals surface area contributed by atoms with Gasteiger partial charge >= 0.3 is 0 Å². The molecule has 1 atom stereocenters. The molecular weight excluding hydrogens is 290 g/mol. The van der Waals surface area contributed by atoms with Crippen molar-refractivity contribution in [3.63, 3.8) is 0 Å². The molecule has 0 bridgehead atoms. The maximum absolute atomic E-state index is 12.2. The van der Waals surface area contributed by atoms with Gasteiger partial charge in [-0.2, -0.15) is 0 Å².